The Kier molecular flexibility index (Phi) is 6.21. The summed E-state index contributed by atoms with van der Waals surface area (Å²) in [7, 11) is 1.64. The normalized spacial score (nSPS) is 14.5. The lowest BCUT2D eigenvalue weighted by Gasteiger charge is -2.31. The number of fused-ring (bicyclic) bond motifs is 1. The third-order valence-corrected chi connectivity index (χ3v) is 6.07. The van der Waals surface area contributed by atoms with E-state index >= 15 is 0 Å². The average Bonchev–Trinajstić information content (AvgIpc) is 2.82. The van der Waals surface area contributed by atoms with E-state index in [1.54, 1.807) is 7.11 Å². The number of nitrogens with zero attached hydrogens (tertiary/aromatic N) is 1. The molecule has 0 bridgehead atoms. The monoisotopic (exact) mass is 416 g/mol. The van der Waals surface area contributed by atoms with Crippen LogP contribution in [0.25, 0.3) is 10.8 Å². The van der Waals surface area contributed by atoms with Crippen LogP contribution in [0.5, 0.6) is 5.75 Å². The van der Waals surface area contributed by atoms with Crippen molar-refractivity contribution in [2.45, 2.75) is 26.3 Å². The third kappa shape index (κ3) is 4.55. The molecule has 3 aromatic carbocycles. The van der Waals surface area contributed by atoms with Crippen molar-refractivity contribution in [3.63, 3.8) is 0 Å². The molecule has 1 aliphatic heterocycles. The Morgan fingerprint density at radius 3 is 2.32 bits per heavy atom. The van der Waals surface area contributed by atoms with Crippen LogP contribution in [0.1, 0.15) is 34.3 Å². The van der Waals surface area contributed by atoms with E-state index in [1.165, 1.54) is 5.56 Å². The molecule has 1 fully saturated rings. The van der Waals surface area contributed by atoms with Gasteiger partial charge in [0.05, 0.1) is 7.11 Å². The molecule has 0 unspecified atom stereocenters. The number of carbonyl (C=O) groups is 2. The van der Waals surface area contributed by atoms with Gasteiger partial charge in [-0.15, -0.1) is 0 Å². The van der Waals surface area contributed by atoms with Gasteiger partial charge < -0.3 is 15.0 Å². The van der Waals surface area contributed by atoms with Gasteiger partial charge in [-0.05, 0) is 42.8 Å². The second kappa shape index (κ2) is 9.21. The van der Waals surface area contributed by atoms with Crippen molar-refractivity contribution in [1.82, 2.24) is 10.2 Å². The van der Waals surface area contributed by atoms with E-state index in [4.69, 9.17) is 4.74 Å². The molecule has 0 saturated carbocycles. The van der Waals surface area contributed by atoms with Gasteiger partial charge in [0, 0.05) is 36.5 Å². The summed E-state index contributed by atoms with van der Waals surface area (Å²) in [5, 5.41) is 4.87. The zero-order valence-electron chi connectivity index (χ0n) is 18.1. The SMILES string of the molecule is COc1ccc(C(=O)N2CCC(C(=O)NCc3ccc(C)cc3)CC2)c2ccccc12. The van der Waals surface area contributed by atoms with Gasteiger partial charge in [0.1, 0.15) is 5.75 Å². The zero-order valence-corrected chi connectivity index (χ0v) is 18.1. The van der Waals surface area contributed by atoms with Crippen molar-refractivity contribution in [3.8, 4) is 5.75 Å². The van der Waals surface area contributed by atoms with Crippen molar-refractivity contribution in [3.05, 3.63) is 77.4 Å². The Morgan fingerprint density at radius 1 is 0.968 bits per heavy atom. The van der Waals surface area contributed by atoms with Crippen molar-refractivity contribution in [1.29, 1.82) is 0 Å². The maximum atomic E-state index is 13.2. The first kappa shape index (κ1) is 20.9. The first-order valence-electron chi connectivity index (χ1n) is 10.7. The topological polar surface area (TPSA) is 58.6 Å². The van der Waals surface area contributed by atoms with E-state index in [9.17, 15) is 9.59 Å². The Morgan fingerprint density at radius 2 is 1.65 bits per heavy atom. The van der Waals surface area contributed by atoms with Crippen LogP contribution in [-0.4, -0.2) is 36.9 Å². The van der Waals surface area contributed by atoms with E-state index in [0.29, 0.717) is 38.0 Å². The molecular weight excluding hydrogens is 388 g/mol. The molecule has 0 atom stereocenters. The lowest BCUT2D eigenvalue weighted by Crippen LogP contribution is -2.43. The maximum absolute atomic E-state index is 13.2. The van der Waals surface area contributed by atoms with E-state index in [2.05, 4.69) is 17.4 Å². The molecule has 160 valence electrons. The minimum atomic E-state index is -0.0536. The fraction of sp³-hybridized carbons (Fsp3) is 0.308. The van der Waals surface area contributed by atoms with Crippen LogP contribution in [0.2, 0.25) is 0 Å². The molecule has 4 rings (SSSR count). The smallest absolute Gasteiger partial charge is 0.254 e. The summed E-state index contributed by atoms with van der Waals surface area (Å²) in [4.78, 5) is 27.7. The summed E-state index contributed by atoms with van der Waals surface area (Å²) in [6, 6.07) is 19.7. The van der Waals surface area contributed by atoms with Gasteiger partial charge in [0.15, 0.2) is 0 Å². The van der Waals surface area contributed by atoms with Crippen molar-refractivity contribution in [2.75, 3.05) is 20.2 Å². The minimum Gasteiger partial charge on any atom is -0.496 e. The van der Waals surface area contributed by atoms with Crippen LogP contribution in [0, 0.1) is 12.8 Å². The average molecular weight is 417 g/mol. The summed E-state index contributed by atoms with van der Waals surface area (Å²) < 4.78 is 5.44. The summed E-state index contributed by atoms with van der Waals surface area (Å²) in [6.07, 6.45) is 1.36. The van der Waals surface area contributed by atoms with E-state index in [-0.39, 0.29) is 17.7 Å². The summed E-state index contributed by atoms with van der Waals surface area (Å²) >= 11 is 0. The summed E-state index contributed by atoms with van der Waals surface area (Å²) in [5.41, 5.74) is 2.98. The number of piperidine rings is 1. The number of carbonyl (C=O) groups excluding carboxylic acids is 2. The Hall–Kier alpha value is -3.34. The number of nitrogens with one attached hydrogen (secondary N) is 1. The molecule has 5 nitrogen and oxygen atoms in total. The predicted octanol–water partition coefficient (Wildman–Crippen LogP) is 4.33. The summed E-state index contributed by atoms with van der Waals surface area (Å²) in [6.45, 7) is 3.76. The number of likely N-dealkylation sites (tertiary alicyclic amines) is 1. The number of rotatable bonds is 5. The predicted molar refractivity (Wildman–Crippen MR) is 122 cm³/mol. The first-order chi connectivity index (χ1) is 15.1. The highest BCUT2D eigenvalue weighted by molar-refractivity contribution is 6.08. The standard InChI is InChI=1S/C26H28N2O3/c1-18-7-9-19(10-8-18)17-27-25(29)20-13-15-28(16-14-20)26(30)23-11-12-24(31-2)22-6-4-3-5-21(22)23/h3-12,20H,13-17H2,1-2H3,(H,27,29). The molecule has 0 spiro atoms. The minimum absolute atomic E-state index is 0.0115. The van der Waals surface area contributed by atoms with Crippen LogP contribution >= 0.6 is 0 Å². The molecule has 3 aromatic rings. The molecule has 2 amide bonds. The highest BCUT2D eigenvalue weighted by atomic mass is 16.5. The van der Waals surface area contributed by atoms with Gasteiger partial charge >= 0.3 is 0 Å². The van der Waals surface area contributed by atoms with Gasteiger partial charge in [-0.2, -0.15) is 0 Å². The fourth-order valence-corrected chi connectivity index (χ4v) is 4.19. The number of amides is 2. The van der Waals surface area contributed by atoms with Gasteiger partial charge in [-0.25, -0.2) is 0 Å². The molecule has 1 saturated heterocycles. The Balaban J connectivity index is 1.37. The quantitative estimate of drug-likeness (QED) is 0.674. The van der Waals surface area contributed by atoms with Crippen LogP contribution in [0.4, 0.5) is 0 Å². The molecule has 0 aromatic heterocycles. The van der Waals surface area contributed by atoms with E-state index in [1.807, 2.05) is 60.4 Å². The first-order valence-corrected chi connectivity index (χ1v) is 10.7. The van der Waals surface area contributed by atoms with Crippen LogP contribution < -0.4 is 10.1 Å². The van der Waals surface area contributed by atoms with Gasteiger partial charge in [-0.3, -0.25) is 9.59 Å². The second-order valence-corrected chi connectivity index (χ2v) is 8.13. The molecule has 0 radical (unpaired) electrons. The zero-order chi connectivity index (χ0) is 21.8. The van der Waals surface area contributed by atoms with Crippen LogP contribution in [-0.2, 0) is 11.3 Å². The van der Waals surface area contributed by atoms with Crippen molar-refractivity contribution in [2.24, 2.45) is 5.92 Å². The van der Waals surface area contributed by atoms with Gasteiger partial charge in [0.25, 0.3) is 5.91 Å². The molecule has 1 N–H and O–H groups in total. The second-order valence-electron chi connectivity index (χ2n) is 8.13. The highest BCUT2D eigenvalue weighted by Crippen LogP contribution is 2.30. The van der Waals surface area contributed by atoms with Crippen LogP contribution in [0.15, 0.2) is 60.7 Å². The maximum Gasteiger partial charge on any atom is 0.254 e. The van der Waals surface area contributed by atoms with Crippen molar-refractivity contribution < 1.29 is 14.3 Å². The number of hydrogen-bond acceptors (Lipinski definition) is 3. The van der Waals surface area contributed by atoms with E-state index < -0.39 is 0 Å². The molecule has 5 heteroatoms. The third-order valence-electron chi connectivity index (χ3n) is 6.07. The molecule has 1 heterocycles. The molecule has 0 aliphatic carbocycles. The summed E-state index contributed by atoms with van der Waals surface area (Å²) in [5.74, 6) is 0.790. The van der Waals surface area contributed by atoms with Gasteiger partial charge in [0.2, 0.25) is 5.91 Å². The van der Waals surface area contributed by atoms with Gasteiger partial charge in [-0.1, -0.05) is 54.1 Å². The number of benzene rings is 3. The van der Waals surface area contributed by atoms with Crippen molar-refractivity contribution >= 4 is 22.6 Å². The van der Waals surface area contributed by atoms with E-state index in [0.717, 1.165) is 22.1 Å². The Labute approximate surface area is 183 Å². The highest BCUT2D eigenvalue weighted by Gasteiger charge is 2.28. The number of hydrogen-bond donors (Lipinski definition) is 1. The largest absolute Gasteiger partial charge is 0.496 e. The fourth-order valence-electron chi connectivity index (χ4n) is 4.19. The lowest BCUT2D eigenvalue weighted by molar-refractivity contribution is -0.126. The molecule has 1 aliphatic rings. The lowest BCUT2D eigenvalue weighted by atomic mass is 9.94. The molecule has 31 heavy (non-hydrogen) atoms. The number of methoxy groups -OCH3 is 1. The Bertz CT molecular complexity index is 1080. The van der Waals surface area contributed by atoms with Crippen LogP contribution in [0.3, 0.4) is 0 Å². The molecular formula is C26H28N2O3. The number of ether oxygens (including phenoxy) is 1. The number of aryl methyl sites for hydroxylation is 1.